The molecule has 0 saturated carbocycles. The fraction of sp³-hybridized carbons (Fsp3) is 0.533. The van der Waals surface area contributed by atoms with Crippen molar-refractivity contribution in [3.05, 3.63) is 35.4 Å². The first-order valence-electron chi connectivity index (χ1n) is 6.27. The van der Waals surface area contributed by atoms with Crippen molar-refractivity contribution in [1.29, 1.82) is 0 Å². The topological polar surface area (TPSA) is 38.3 Å². The molecule has 0 aliphatic rings. The lowest BCUT2D eigenvalue weighted by atomic mass is 9.96. The summed E-state index contributed by atoms with van der Waals surface area (Å²) in [6, 6.07) is 7.97. The van der Waals surface area contributed by atoms with Gasteiger partial charge in [-0.3, -0.25) is 4.79 Å². The summed E-state index contributed by atoms with van der Waals surface area (Å²) in [5, 5.41) is 3.42. The molecule has 1 N–H and O–H groups in total. The van der Waals surface area contributed by atoms with E-state index in [1.807, 2.05) is 24.3 Å². The molecule has 0 atom stereocenters. The van der Waals surface area contributed by atoms with Crippen molar-refractivity contribution in [2.24, 2.45) is 5.41 Å². The van der Waals surface area contributed by atoms with E-state index in [-0.39, 0.29) is 11.4 Å². The van der Waals surface area contributed by atoms with Crippen molar-refractivity contribution in [2.75, 3.05) is 13.7 Å². The monoisotopic (exact) mass is 249 g/mol. The van der Waals surface area contributed by atoms with Gasteiger partial charge >= 0.3 is 5.97 Å². The van der Waals surface area contributed by atoms with E-state index in [9.17, 15) is 4.79 Å². The van der Waals surface area contributed by atoms with E-state index in [2.05, 4.69) is 26.1 Å². The molecule has 1 aromatic rings. The third-order valence-electron chi connectivity index (χ3n) is 2.65. The SMILES string of the molecule is COC(=O)Cc1ccccc1CNCC(C)(C)C. The lowest BCUT2D eigenvalue weighted by Gasteiger charge is -2.19. The predicted octanol–water partition coefficient (Wildman–Crippen LogP) is 2.54. The molecule has 1 aromatic carbocycles. The number of carbonyl (C=O) groups is 1. The van der Waals surface area contributed by atoms with Crippen LogP contribution in [0.15, 0.2) is 24.3 Å². The Hall–Kier alpha value is -1.35. The second-order valence-corrected chi connectivity index (χ2v) is 5.69. The van der Waals surface area contributed by atoms with E-state index in [4.69, 9.17) is 4.74 Å². The summed E-state index contributed by atoms with van der Waals surface area (Å²) in [5.74, 6) is -0.196. The summed E-state index contributed by atoms with van der Waals surface area (Å²) < 4.78 is 4.71. The Labute approximate surface area is 110 Å². The smallest absolute Gasteiger partial charge is 0.309 e. The van der Waals surface area contributed by atoms with Crippen LogP contribution in [0, 0.1) is 5.41 Å². The second kappa shape index (κ2) is 6.55. The molecule has 0 amide bonds. The minimum atomic E-state index is -0.196. The number of esters is 1. The number of carbonyl (C=O) groups excluding carboxylic acids is 1. The van der Waals surface area contributed by atoms with Crippen molar-refractivity contribution in [3.63, 3.8) is 0 Å². The molecule has 0 saturated heterocycles. The highest BCUT2D eigenvalue weighted by molar-refractivity contribution is 5.72. The molecule has 18 heavy (non-hydrogen) atoms. The molecule has 0 fully saturated rings. The van der Waals surface area contributed by atoms with Crippen LogP contribution in [0.4, 0.5) is 0 Å². The first-order chi connectivity index (χ1) is 8.42. The maximum atomic E-state index is 11.3. The zero-order valence-corrected chi connectivity index (χ0v) is 11.7. The minimum Gasteiger partial charge on any atom is -0.469 e. The van der Waals surface area contributed by atoms with Gasteiger partial charge in [0.05, 0.1) is 13.5 Å². The number of methoxy groups -OCH3 is 1. The molecular weight excluding hydrogens is 226 g/mol. The van der Waals surface area contributed by atoms with Gasteiger partial charge in [0.25, 0.3) is 0 Å². The maximum absolute atomic E-state index is 11.3. The molecule has 0 aromatic heterocycles. The molecule has 0 unspecified atom stereocenters. The van der Waals surface area contributed by atoms with Gasteiger partial charge in [0.15, 0.2) is 0 Å². The Morgan fingerprint density at radius 1 is 1.22 bits per heavy atom. The van der Waals surface area contributed by atoms with Crippen LogP contribution in [0.25, 0.3) is 0 Å². The van der Waals surface area contributed by atoms with Crippen LogP contribution in [0.2, 0.25) is 0 Å². The Balaban J connectivity index is 2.62. The minimum absolute atomic E-state index is 0.196. The summed E-state index contributed by atoms with van der Waals surface area (Å²) in [7, 11) is 1.42. The summed E-state index contributed by atoms with van der Waals surface area (Å²) in [6.45, 7) is 8.31. The molecule has 3 heteroatoms. The molecule has 0 aliphatic carbocycles. The van der Waals surface area contributed by atoms with Crippen LogP contribution in [0.5, 0.6) is 0 Å². The first-order valence-corrected chi connectivity index (χ1v) is 6.27. The number of hydrogen-bond acceptors (Lipinski definition) is 3. The van der Waals surface area contributed by atoms with Gasteiger partial charge in [0.1, 0.15) is 0 Å². The summed E-state index contributed by atoms with van der Waals surface area (Å²) >= 11 is 0. The quantitative estimate of drug-likeness (QED) is 0.815. The van der Waals surface area contributed by atoms with Crippen LogP contribution >= 0.6 is 0 Å². The fourth-order valence-electron chi connectivity index (χ4n) is 1.70. The molecule has 100 valence electrons. The van der Waals surface area contributed by atoms with Gasteiger partial charge in [-0.2, -0.15) is 0 Å². The summed E-state index contributed by atoms with van der Waals surface area (Å²) in [6.07, 6.45) is 0.337. The van der Waals surface area contributed by atoms with E-state index >= 15 is 0 Å². The molecule has 1 rings (SSSR count). The average molecular weight is 249 g/mol. The number of nitrogens with one attached hydrogen (secondary N) is 1. The van der Waals surface area contributed by atoms with Gasteiger partial charge in [0.2, 0.25) is 0 Å². The van der Waals surface area contributed by atoms with Gasteiger partial charge in [-0.05, 0) is 16.5 Å². The van der Waals surface area contributed by atoms with Gasteiger partial charge in [0, 0.05) is 13.1 Å². The lowest BCUT2D eigenvalue weighted by molar-refractivity contribution is -0.139. The molecule has 0 radical (unpaired) electrons. The van der Waals surface area contributed by atoms with Crippen molar-refractivity contribution < 1.29 is 9.53 Å². The van der Waals surface area contributed by atoms with Crippen LogP contribution in [-0.4, -0.2) is 19.6 Å². The predicted molar refractivity (Wildman–Crippen MR) is 73.3 cm³/mol. The molecule has 3 nitrogen and oxygen atoms in total. The van der Waals surface area contributed by atoms with Crippen LogP contribution in [-0.2, 0) is 22.5 Å². The van der Waals surface area contributed by atoms with Gasteiger partial charge < -0.3 is 10.1 Å². The first kappa shape index (κ1) is 14.7. The Morgan fingerprint density at radius 3 is 2.39 bits per heavy atom. The Morgan fingerprint density at radius 2 is 1.83 bits per heavy atom. The van der Waals surface area contributed by atoms with Crippen molar-refractivity contribution in [1.82, 2.24) is 5.32 Å². The normalized spacial score (nSPS) is 11.3. The molecule has 0 bridgehead atoms. The van der Waals surface area contributed by atoms with Gasteiger partial charge in [-0.1, -0.05) is 45.0 Å². The van der Waals surface area contributed by atoms with E-state index in [1.54, 1.807) is 0 Å². The highest BCUT2D eigenvalue weighted by Crippen LogP contribution is 2.13. The van der Waals surface area contributed by atoms with E-state index in [0.29, 0.717) is 6.42 Å². The lowest BCUT2D eigenvalue weighted by Crippen LogP contribution is -2.26. The summed E-state index contributed by atoms with van der Waals surface area (Å²) in [4.78, 5) is 11.3. The third-order valence-corrected chi connectivity index (χ3v) is 2.65. The molecular formula is C15H23NO2. The number of ether oxygens (including phenoxy) is 1. The Kier molecular flexibility index (Phi) is 5.35. The van der Waals surface area contributed by atoms with Crippen molar-refractivity contribution in [3.8, 4) is 0 Å². The molecule has 0 spiro atoms. The highest BCUT2D eigenvalue weighted by atomic mass is 16.5. The Bertz CT molecular complexity index is 394. The van der Waals surface area contributed by atoms with Crippen molar-refractivity contribution in [2.45, 2.75) is 33.7 Å². The van der Waals surface area contributed by atoms with Gasteiger partial charge in [-0.25, -0.2) is 0 Å². The zero-order chi connectivity index (χ0) is 13.6. The van der Waals surface area contributed by atoms with Gasteiger partial charge in [-0.15, -0.1) is 0 Å². The molecule has 0 heterocycles. The summed E-state index contributed by atoms with van der Waals surface area (Å²) in [5.41, 5.74) is 2.45. The standard InChI is InChI=1S/C15H23NO2/c1-15(2,3)11-16-10-13-8-6-5-7-12(13)9-14(17)18-4/h5-8,16H,9-11H2,1-4H3. The number of rotatable bonds is 5. The number of hydrogen-bond donors (Lipinski definition) is 1. The average Bonchev–Trinajstić information content (AvgIpc) is 2.29. The fourth-order valence-corrected chi connectivity index (χ4v) is 1.70. The zero-order valence-electron chi connectivity index (χ0n) is 11.7. The van der Waals surface area contributed by atoms with Crippen LogP contribution in [0.1, 0.15) is 31.9 Å². The van der Waals surface area contributed by atoms with E-state index in [0.717, 1.165) is 24.2 Å². The van der Waals surface area contributed by atoms with E-state index < -0.39 is 0 Å². The van der Waals surface area contributed by atoms with Crippen LogP contribution < -0.4 is 5.32 Å². The third kappa shape index (κ3) is 5.32. The largest absolute Gasteiger partial charge is 0.469 e. The number of benzene rings is 1. The van der Waals surface area contributed by atoms with Crippen LogP contribution in [0.3, 0.4) is 0 Å². The maximum Gasteiger partial charge on any atom is 0.309 e. The van der Waals surface area contributed by atoms with E-state index in [1.165, 1.54) is 7.11 Å². The highest BCUT2D eigenvalue weighted by Gasteiger charge is 2.11. The molecule has 0 aliphatic heterocycles. The van der Waals surface area contributed by atoms with Crippen molar-refractivity contribution >= 4 is 5.97 Å². The second-order valence-electron chi connectivity index (χ2n) is 5.69.